The van der Waals surface area contributed by atoms with E-state index in [-0.39, 0.29) is 12.0 Å². The van der Waals surface area contributed by atoms with Gasteiger partial charge in [-0.05, 0) is 55.2 Å². The van der Waals surface area contributed by atoms with Gasteiger partial charge in [-0.25, -0.2) is 0 Å². The van der Waals surface area contributed by atoms with Crippen LogP contribution in [-0.2, 0) is 24.2 Å². The molecule has 1 N–H and O–H groups in total. The van der Waals surface area contributed by atoms with Crippen molar-refractivity contribution in [3.63, 3.8) is 0 Å². The molecule has 0 spiro atoms. The number of carbonyl (C=O) groups excluding carboxylic acids is 1. The van der Waals surface area contributed by atoms with Crippen LogP contribution < -0.4 is 5.32 Å². The van der Waals surface area contributed by atoms with Crippen LogP contribution in [0.2, 0.25) is 0 Å². The van der Waals surface area contributed by atoms with Gasteiger partial charge in [-0.2, -0.15) is 0 Å². The van der Waals surface area contributed by atoms with Gasteiger partial charge in [0, 0.05) is 30.6 Å². The summed E-state index contributed by atoms with van der Waals surface area (Å²) in [5, 5.41) is 3.37. The monoisotopic (exact) mass is 360 g/mol. The number of nitrogens with one attached hydrogen (secondary N) is 1. The van der Waals surface area contributed by atoms with Gasteiger partial charge >= 0.3 is 0 Å². The Morgan fingerprint density at radius 1 is 0.889 bits per heavy atom. The van der Waals surface area contributed by atoms with E-state index in [0.717, 1.165) is 32.2 Å². The summed E-state index contributed by atoms with van der Waals surface area (Å²) in [4.78, 5) is 15.6. The molecule has 2 fully saturated rings. The molecule has 1 aliphatic carbocycles. The van der Waals surface area contributed by atoms with Crippen molar-refractivity contribution in [3.05, 3.63) is 71.3 Å². The Morgan fingerprint density at radius 3 is 2.11 bits per heavy atom. The molecule has 0 unspecified atom stereocenters. The summed E-state index contributed by atoms with van der Waals surface area (Å²) in [6.45, 7) is 1.03. The lowest BCUT2D eigenvalue weighted by molar-refractivity contribution is -0.128. The second kappa shape index (κ2) is 7.12. The minimum atomic E-state index is 0.193. The molecule has 0 saturated carbocycles. The van der Waals surface area contributed by atoms with Gasteiger partial charge < -0.3 is 5.32 Å². The molecule has 3 atom stereocenters. The van der Waals surface area contributed by atoms with Gasteiger partial charge in [-0.1, -0.05) is 54.6 Å². The van der Waals surface area contributed by atoms with Gasteiger partial charge in [0.1, 0.15) is 0 Å². The van der Waals surface area contributed by atoms with Gasteiger partial charge in [0.15, 0.2) is 0 Å². The normalized spacial score (nSPS) is 27.5. The van der Waals surface area contributed by atoms with Crippen molar-refractivity contribution in [3.8, 4) is 0 Å². The number of fused-ring (bicyclic) bond motifs is 3. The minimum absolute atomic E-state index is 0.193. The molecule has 2 aromatic rings. The summed E-state index contributed by atoms with van der Waals surface area (Å²) < 4.78 is 0. The number of piperidine rings is 1. The number of rotatable bonds is 4. The summed E-state index contributed by atoms with van der Waals surface area (Å²) in [5.41, 5.74) is 4.20. The molecule has 27 heavy (non-hydrogen) atoms. The highest BCUT2D eigenvalue weighted by molar-refractivity contribution is 5.79. The Morgan fingerprint density at radius 2 is 1.48 bits per heavy atom. The third-order valence-electron chi connectivity index (χ3n) is 6.86. The summed E-state index contributed by atoms with van der Waals surface area (Å²) in [6.07, 6.45) is 6.51. The molecule has 2 bridgehead atoms. The Kier molecular flexibility index (Phi) is 4.48. The first-order chi connectivity index (χ1) is 13.3. The lowest BCUT2D eigenvalue weighted by Crippen LogP contribution is -2.48. The minimum Gasteiger partial charge on any atom is -0.352 e. The molecule has 3 nitrogen and oxygen atoms in total. The summed E-state index contributed by atoms with van der Waals surface area (Å²) in [5.74, 6) is 0.488. The summed E-state index contributed by atoms with van der Waals surface area (Å²) >= 11 is 0. The maximum atomic E-state index is 13.0. The molecule has 5 rings (SSSR count). The van der Waals surface area contributed by atoms with Crippen LogP contribution in [0.5, 0.6) is 0 Å². The molecule has 0 aromatic heterocycles. The number of carbonyl (C=O) groups is 1. The number of hydrogen-bond donors (Lipinski definition) is 1. The van der Waals surface area contributed by atoms with Crippen LogP contribution in [0.1, 0.15) is 42.4 Å². The van der Waals surface area contributed by atoms with E-state index >= 15 is 0 Å². The van der Waals surface area contributed by atoms with Crippen molar-refractivity contribution in [2.45, 2.75) is 63.2 Å². The average Bonchev–Trinajstić information content (AvgIpc) is 3.18. The van der Waals surface area contributed by atoms with Gasteiger partial charge in [-0.3, -0.25) is 9.69 Å². The number of amides is 1. The van der Waals surface area contributed by atoms with Gasteiger partial charge in [0.05, 0.1) is 0 Å². The second-order valence-corrected chi connectivity index (χ2v) is 8.59. The standard InChI is InChI=1S/C24H28N2O/c27-24(25-21-12-18-8-4-5-9-19(18)13-21)20-14-22-10-11-23(15-20)26(22)16-17-6-2-1-3-7-17/h1-9,20-23H,10-16H2,(H,25,27)/t20-,22-,23+. The molecule has 1 amide bonds. The molecule has 3 aliphatic rings. The fourth-order valence-corrected chi connectivity index (χ4v) is 5.52. The fraction of sp³-hybridized carbons (Fsp3) is 0.458. The van der Waals surface area contributed by atoms with Gasteiger partial charge in [-0.15, -0.1) is 0 Å². The van der Waals surface area contributed by atoms with Crippen molar-refractivity contribution in [2.75, 3.05) is 0 Å². The molecule has 2 saturated heterocycles. The first-order valence-corrected chi connectivity index (χ1v) is 10.4. The van der Waals surface area contributed by atoms with E-state index in [1.54, 1.807) is 0 Å². The zero-order valence-electron chi connectivity index (χ0n) is 15.8. The fourth-order valence-electron chi connectivity index (χ4n) is 5.52. The number of nitrogens with zero attached hydrogens (tertiary/aromatic N) is 1. The molecule has 2 aliphatic heterocycles. The Hall–Kier alpha value is -2.13. The van der Waals surface area contributed by atoms with Gasteiger partial charge in [0.25, 0.3) is 0 Å². The van der Waals surface area contributed by atoms with Crippen LogP contribution in [0, 0.1) is 5.92 Å². The topological polar surface area (TPSA) is 32.3 Å². The maximum Gasteiger partial charge on any atom is 0.223 e. The van der Waals surface area contributed by atoms with E-state index < -0.39 is 0 Å². The smallest absolute Gasteiger partial charge is 0.223 e. The molecular weight excluding hydrogens is 332 g/mol. The van der Waals surface area contributed by atoms with Crippen LogP contribution in [0.4, 0.5) is 0 Å². The zero-order chi connectivity index (χ0) is 18.2. The van der Waals surface area contributed by atoms with Crippen molar-refractivity contribution < 1.29 is 4.79 Å². The zero-order valence-corrected chi connectivity index (χ0v) is 15.8. The summed E-state index contributed by atoms with van der Waals surface area (Å²) in [6, 6.07) is 20.8. The third-order valence-corrected chi connectivity index (χ3v) is 6.86. The average molecular weight is 361 g/mol. The highest BCUT2D eigenvalue weighted by Crippen LogP contribution is 2.39. The van der Waals surface area contributed by atoms with E-state index in [1.165, 1.54) is 29.5 Å². The lowest BCUT2D eigenvalue weighted by atomic mass is 9.89. The third kappa shape index (κ3) is 3.41. The maximum absolute atomic E-state index is 13.0. The lowest BCUT2D eigenvalue weighted by Gasteiger charge is -2.38. The second-order valence-electron chi connectivity index (χ2n) is 8.59. The van der Waals surface area contributed by atoms with E-state index in [0.29, 0.717) is 18.0 Å². The Balaban J connectivity index is 1.19. The quantitative estimate of drug-likeness (QED) is 0.901. The number of hydrogen-bond acceptors (Lipinski definition) is 2. The van der Waals surface area contributed by atoms with Crippen LogP contribution in [-0.4, -0.2) is 28.9 Å². The van der Waals surface area contributed by atoms with Crippen LogP contribution in [0.3, 0.4) is 0 Å². The predicted molar refractivity (Wildman–Crippen MR) is 107 cm³/mol. The Labute approximate surface area is 161 Å². The SMILES string of the molecule is O=C(NC1Cc2ccccc2C1)[C@@H]1C[C@H]2CC[C@@H](C1)N2Cc1ccccc1. The van der Waals surface area contributed by atoms with E-state index in [4.69, 9.17) is 0 Å². The molecular formula is C24H28N2O. The van der Waals surface area contributed by atoms with Crippen molar-refractivity contribution >= 4 is 5.91 Å². The van der Waals surface area contributed by atoms with Crippen LogP contribution in [0.15, 0.2) is 54.6 Å². The first kappa shape index (κ1) is 17.0. The molecule has 140 valence electrons. The highest BCUT2D eigenvalue weighted by Gasteiger charge is 2.43. The van der Waals surface area contributed by atoms with Gasteiger partial charge in [0.2, 0.25) is 5.91 Å². The van der Waals surface area contributed by atoms with E-state index in [1.807, 2.05) is 0 Å². The number of benzene rings is 2. The first-order valence-electron chi connectivity index (χ1n) is 10.4. The Bertz CT molecular complexity index is 779. The molecule has 3 heteroatoms. The molecule has 0 radical (unpaired) electrons. The molecule has 2 aromatic carbocycles. The van der Waals surface area contributed by atoms with Crippen molar-refractivity contribution in [1.82, 2.24) is 10.2 Å². The van der Waals surface area contributed by atoms with Crippen LogP contribution >= 0.6 is 0 Å². The predicted octanol–water partition coefficient (Wildman–Crippen LogP) is 3.71. The van der Waals surface area contributed by atoms with Crippen molar-refractivity contribution in [1.29, 1.82) is 0 Å². The van der Waals surface area contributed by atoms with E-state index in [9.17, 15) is 4.79 Å². The largest absolute Gasteiger partial charge is 0.352 e. The summed E-state index contributed by atoms with van der Waals surface area (Å²) in [7, 11) is 0. The van der Waals surface area contributed by atoms with E-state index in [2.05, 4.69) is 64.8 Å². The highest BCUT2D eigenvalue weighted by atomic mass is 16.2. The van der Waals surface area contributed by atoms with Crippen molar-refractivity contribution in [2.24, 2.45) is 5.92 Å². The van der Waals surface area contributed by atoms with Crippen LogP contribution in [0.25, 0.3) is 0 Å². The molecule has 2 heterocycles.